The molecule has 0 aliphatic carbocycles. The lowest BCUT2D eigenvalue weighted by Crippen LogP contribution is -2.13. The Morgan fingerprint density at radius 1 is 0.600 bits per heavy atom. The van der Waals surface area contributed by atoms with Crippen LogP contribution in [0.25, 0.3) is 0 Å². The molecule has 0 atom stereocenters. The topological polar surface area (TPSA) is 84.2 Å². The molecule has 124 valence electrons. The van der Waals surface area contributed by atoms with Crippen LogP contribution in [-0.4, -0.2) is 11.8 Å². The fraction of sp³-hybridized carbons (Fsp3) is 0. The number of nitrogen functional groups attached to an aromatic ring is 1. The van der Waals surface area contributed by atoms with E-state index in [1.807, 2.05) is 6.07 Å². The average Bonchev–Trinajstić information content (AvgIpc) is 2.65. The molecule has 0 saturated carbocycles. The molecule has 0 unspecified atom stereocenters. The Morgan fingerprint density at radius 2 is 1.04 bits per heavy atom. The highest BCUT2D eigenvalue weighted by Gasteiger charge is 2.08. The van der Waals surface area contributed by atoms with Gasteiger partial charge < -0.3 is 16.4 Å². The summed E-state index contributed by atoms with van der Waals surface area (Å²) in [5.41, 5.74) is 8.62. The second kappa shape index (κ2) is 7.31. The van der Waals surface area contributed by atoms with Gasteiger partial charge in [-0.1, -0.05) is 18.2 Å². The Balaban J connectivity index is 1.64. The van der Waals surface area contributed by atoms with E-state index >= 15 is 0 Å². The highest BCUT2D eigenvalue weighted by molar-refractivity contribution is 6.06. The number of amides is 2. The van der Waals surface area contributed by atoms with E-state index in [1.165, 1.54) is 0 Å². The second-order valence-corrected chi connectivity index (χ2v) is 5.47. The maximum absolute atomic E-state index is 12.2. The number of nitrogens with two attached hydrogens (primary N) is 1. The van der Waals surface area contributed by atoms with Crippen LogP contribution in [0.5, 0.6) is 0 Å². The van der Waals surface area contributed by atoms with Gasteiger partial charge in [-0.15, -0.1) is 0 Å². The van der Waals surface area contributed by atoms with Crippen molar-refractivity contribution in [3.8, 4) is 0 Å². The predicted octanol–water partition coefficient (Wildman–Crippen LogP) is 3.77. The van der Waals surface area contributed by atoms with Gasteiger partial charge in [0.15, 0.2) is 0 Å². The van der Waals surface area contributed by atoms with Crippen molar-refractivity contribution in [2.45, 2.75) is 0 Å². The average molecular weight is 331 g/mol. The first-order chi connectivity index (χ1) is 12.1. The maximum Gasteiger partial charge on any atom is 0.255 e. The van der Waals surface area contributed by atoms with Gasteiger partial charge in [0.1, 0.15) is 0 Å². The molecule has 0 fully saturated rings. The van der Waals surface area contributed by atoms with Gasteiger partial charge in [0.2, 0.25) is 0 Å². The zero-order valence-electron chi connectivity index (χ0n) is 13.4. The lowest BCUT2D eigenvalue weighted by Gasteiger charge is -2.08. The Labute approximate surface area is 145 Å². The molecule has 0 aliphatic heterocycles. The number of hydrogen-bond donors (Lipinski definition) is 3. The van der Waals surface area contributed by atoms with E-state index in [0.717, 1.165) is 0 Å². The first-order valence-electron chi connectivity index (χ1n) is 7.75. The van der Waals surface area contributed by atoms with Crippen LogP contribution in [0, 0.1) is 0 Å². The quantitative estimate of drug-likeness (QED) is 0.636. The number of carbonyl (C=O) groups excluding carboxylic acids is 2. The fourth-order valence-electron chi connectivity index (χ4n) is 2.27. The van der Waals surface area contributed by atoms with Gasteiger partial charge in [-0.2, -0.15) is 0 Å². The minimum atomic E-state index is -0.231. The molecule has 0 aliphatic rings. The minimum absolute atomic E-state index is 0.195. The zero-order chi connectivity index (χ0) is 17.6. The van der Waals surface area contributed by atoms with Crippen molar-refractivity contribution < 1.29 is 9.59 Å². The Morgan fingerprint density at radius 3 is 1.56 bits per heavy atom. The van der Waals surface area contributed by atoms with Crippen molar-refractivity contribution in [1.29, 1.82) is 0 Å². The SMILES string of the molecule is Nc1ccc(NC(=O)c2ccc(NC(=O)c3ccccc3)cc2)cc1. The lowest BCUT2D eigenvalue weighted by atomic mass is 10.1. The summed E-state index contributed by atoms with van der Waals surface area (Å²) in [6, 6.07) is 22.6. The van der Waals surface area contributed by atoms with E-state index in [9.17, 15) is 9.59 Å². The van der Waals surface area contributed by atoms with E-state index in [-0.39, 0.29) is 11.8 Å². The fourth-order valence-corrected chi connectivity index (χ4v) is 2.27. The lowest BCUT2D eigenvalue weighted by molar-refractivity contribution is 0.102. The monoisotopic (exact) mass is 331 g/mol. The molecule has 0 radical (unpaired) electrons. The summed E-state index contributed by atoms with van der Waals surface area (Å²) < 4.78 is 0. The molecule has 3 aromatic rings. The summed E-state index contributed by atoms with van der Waals surface area (Å²) in [5.74, 6) is -0.426. The van der Waals surface area contributed by atoms with E-state index in [2.05, 4.69) is 10.6 Å². The smallest absolute Gasteiger partial charge is 0.255 e. The molecular formula is C20H17N3O2. The largest absolute Gasteiger partial charge is 0.399 e. The first-order valence-corrected chi connectivity index (χ1v) is 7.75. The normalized spacial score (nSPS) is 10.1. The number of carbonyl (C=O) groups is 2. The molecule has 0 heterocycles. The highest BCUT2D eigenvalue weighted by atomic mass is 16.2. The van der Waals surface area contributed by atoms with Crippen LogP contribution in [0.3, 0.4) is 0 Å². The van der Waals surface area contributed by atoms with Gasteiger partial charge in [-0.25, -0.2) is 0 Å². The molecule has 5 heteroatoms. The van der Waals surface area contributed by atoms with Crippen LogP contribution < -0.4 is 16.4 Å². The van der Waals surface area contributed by atoms with Gasteiger partial charge >= 0.3 is 0 Å². The van der Waals surface area contributed by atoms with Crippen molar-refractivity contribution in [3.05, 3.63) is 90.0 Å². The molecule has 25 heavy (non-hydrogen) atoms. The number of hydrogen-bond acceptors (Lipinski definition) is 3. The predicted molar refractivity (Wildman–Crippen MR) is 99.6 cm³/mol. The molecule has 0 bridgehead atoms. The van der Waals surface area contributed by atoms with Gasteiger partial charge in [0.25, 0.3) is 11.8 Å². The Bertz CT molecular complexity index is 873. The summed E-state index contributed by atoms with van der Waals surface area (Å²) in [5, 5.41) is 5.59. The highest BCUT2D eigenvalue weighted by Crippen LogP contribution is 2.15. The summed E-state index contributed by atoms with van der Waals surface area (Å²) in [4.78, 5) is 24.3. The van der Waals surface area contributed by atoms with Crippen molar-refractivity contribution in [2.75, 3.05) is 16.4 Å². The van der Waals surface area contributed by atoms with Crippen LogP contribution >= 0.6 is 0 Å². The van der Waals surface area contributed by atoms with Crippen molar-refractivity contribution in [2.24, 2.45) is 0 Å². The number of benzene rings is 3. The number of anilines is 3. The molecule has 0 spiro atoms. The maximum atomic E-state index is 12.2. The third kappa shape index (κ3) is 4.23. The van der Waals surface area contributed by atoms with Gasteiger partial charge in [-0.05, 0) is 60.7 Å². The van der Waals surface area contributed by atoms with Crippen LogP contribution in [0.4, 0.5) is 17.1 Å². The second-order valence-electron chi connectivity index (χ2n) is 5.47. The van der Waals surface area contributed by atoms with E-state index in [1.54, 1.807) is 72.8 Å². The van der Waals surface area contributed by atoms with Crippen molar-refractivity contribution in [3.63, 3.8) is 0 Å². The summed E-state index contributed by atoms with van der Waals surface area (Å²) in [7, 11) is 0. The zero-order valence-corrected chi connectivity index (χ0v) is 13.4. The minimum Gasteiger partial charge on any atom is -0.399 e. The number of rotatable bonds is 4. The third-order valence-corrected chi connectivity index (χ3v) is 3.61. The molecule has 3 rings (SSSR count). The summed E-state index contributed by atoms with van der Waals surface area (Å²) in [6.07, 6.45) is 0. The number of nitrogens with one attached hydrogen (secondary N) is 2. The van der Waals surface area contributed by atoms with Gasteiger partial charge in [0, 0.05) is 28.2 Å². The van der Waals surface area contributed by atoms with E-state index < -0.39 is 0 Å². The Kier molecular flexibility index (Phi) is 4.76. The summed E-state index contributed by atoms with van der Waals surface area (Å²) >= 11 is 0. The van der Waals surface area contributed by atoms with Gasteiger partial charge in [-0.3, -0.25) is 9.59 Å². The van der Waals surface area contributed by atoms with Crippen molar-refractivity contribution >= 4 is 28.9 Å². The van der Waals surface area contributed by atoms with Gasteiger partial charge in [0.05, 0.1) is 0 Å². The molecule has 2 amide bonds. The van der Waals surface area contributed by atoms with Crippen molar-refractivity contribution in [1.82, 2.24) is 0 Å². The molecule has 3 aromatic carbocycles. The Hall–Kier alpha value is -3.60. The summed E-state index contributed by atoms with van der Waals surface area (Å²) in [6.45, 7) is 0. The van der Waals surface area contributed by atoms with Crippen LogP contribution in [0.2, 0.25) is 0 Å². The standard InChI is InChI=1S/C20H17N3O2/c21-16-8-12-18(13-9-16)23-20(25)15-6-10-17(11-7-15)22-19(24)14-4-2-1-3-5-14/h1-13H,21H2,(H,22,24)(H,23,25). The van der Waals surface area contributed by atoms with E-state index in [0.29, 0.717) is 28.2 Å². The van der Waals surface area contributed by atoms with Crippen LogP contribution in [0.15, 0.2) is 78.9 Å². The van der Waals surface area contributed by atoms with E-state index in [4.69, 9.17) is 5.73 Å². The third-order valence-electron chi connectivity index (χ3n) is 3.61. The molecule has 0 aromatic heterocycles. The van der Waals surface area contributed by atoms with Crippen LogP contribution in [-0.2, 0) is 0 Å². The molecule has 5 nitrogen and oxygen atoms in total. The molecule has 4 N–H and O–H groups in total. The first kappa shape index (κ1) is 16.3. The molecular weight excluding hydrogens is 314 g/mol. The van der Waals surface area contributed by atoms with Crippen LogP contribution in [0.1, 0.15) is 20.7 Å². The molecule has 0 saturated heterocycles.